The van der Waals surface area contributed by atoms with E-state index in [0.717, 1.165) is 62.6 Å². The third kappa shape index (κ3) is 3.45. The number of hydrogen-bond acceptors (Lipinski definition) is 7. The zero-order chi connectivity index (χ0) is 25.3. The monoisotopic (exact) mass is 513 g/mol. The predicted octanol–water partition coefficient (Wildman–Crippen LogP) is 3.67. The molecule has 0 radical (unpaired) electrons. The predicted molar refractivity (Wildman–Crippen MR) is 134 cm³/mol. The van der Waals surface area contributed by atoms with Crippen LogP contribution in [0, 0.1) is 5.92 Å². The van der Waals surface area contributed by atoms with Crippen molar-refractivity contribution in [3.05, 3.63) is 23.3 Å². The molecule has 0 aromatic heterocycles. The van der Waals surface area contributed by atoms with Crippen LogP contribution >= 0.6 is 0 Å². The lowest BCUT2D eigenvalue weighted by Gasteiger charge is -2.67. The van der Waals surface area contributed by atoms with Gasteiger partial charge in [-0.3, -0.25) is 9.69 Å². The van der Waals surface area contributed by atoms with Crippen molar-refractivity contribution in [1.82, 2.24) is 4.90 Å². The highest BCUT2D eigenvalue weighted by Crippen LogP contribution is 2.69. The number of carboxylic acids is 1. The maximum atomic E-state index is 11.5. The summed E-state index contributed by atoms with van der Waals surface area (Å²) in [6, 6.07) is 4.49. The van der Waals surface area contributed by atoms with Gasteiger partial charge in [-0.15, -0.1) is 0 Å². The Labute approximate surface area is 218 Å². The van der Waals surface area contributed by atoms with Crippen LogP contribution in [0.4, 0.5) is 0 Å². The molecule has 6 aliphatic rings. The van der Waals surface area contributed by atoms with Gasteiger partial charge in [-0.1, -0.05) is 19.4 Å². The van der Waals surface area contributed by atoms with Crippen LogP contribution in [-0.2, 0) is 30.8 Å². The van der Waals surface area contributed by atoms with Crippen LogP contribution in [0.25, 0.3) is 0 Å². The molecule has 7 rings (SSSR count). The van der Waals surface area contributed by atoms with Gasteiger partial charge in [0.05, 0.1) is 43.9 Å². The Hall–Kier alpha value is -1.87. The summed E-state index contributed by atoms with van der Waals surface area (Å²) >= 11 is 0. The topological polar surface area (TPSA) is 86.7 Å². The third-order valence-corrected chi connectivity index (χ3v) is 9.92. The number of benzene rings is 1. The number of carboxylic acid groups (broad SMARTS) is 1. The Morgan fingerprint density at radius 1 is 1.16 bits per heavy atom. The molecule has 0 unspecified atom stereocenters. The lowest BCUT2D eigenvalue weighted by atomic mass is 9.48. The summed E-state index contributed by atoms with van der Waals surface area (Å²) in [5.74, 6) is 0.758. The highest BCUT2D eigenvalue weighted by molar-refractivity contribution is 5.67. The van der Waals surface area contributed by atoms with Crippen molar-refractivity contribution in [3.63, 3.8) is 0 Å². The first kappa shape index (κ1) is 24.2. The van der Waals surface area contributed by atoms with E-state index in [1.54, 1.807) is 0 Å². The maximum absolute atomic E-state index is 11.5. The molecule has 1 N–H and O–H groups in total. The molecule has 37 heavy (non-hydrogen) atoms. The van der Waals surface area contributed by atoms with Gasteiger partial charge >= 0.3 is 5.97 Å². The largest absolute Gasteiger partial charge is 0.490 e. The van der Waals surface area contributed by atoms with E-state index in [0.29, 0.717) is 26.2 Å². The van der Waals surface area contributed by atoms with Crippen LogP contribution < -0.4 is 9.47 Å². The molecule has 8 nitrogen and oxygen atoms in total. The number of carbonyl (C=O) groups is 1. The molecule has 1 aromatic rings. The Balaban J connectivity index is 1.38. The van der Waals surface area contributed by atoms with Crippen molar-refractivity contribution >= 4 is 5.97 Å². The molecule has 2 bridgehead atoms. The maximum Gasteiger partial charge on any atom is 0.305 e. The third-order valence-electron chi connectivity index (χ3n) is 9.92. The highest BCUT2D eigenvalue weighted by Gasteiger charge is 2.78. The summed E-state index contributed by atoms with van der Waals surface area (Å²) in [6.07, 6.45) is 7.50. The fourth-order valence-electron chi connectivity index (χ4n) is 8.22. The molecule has 2 saturated carbocycles. The van der Waals surface area contributed by atoms with Gasteiger partial charge in [-0.25, -0.2) is 0 Å². The second-order valence-electron chi connectivity index (χ2n) is 11.9. The average molecular weight is 514 g/mol. The first-order chi connectivity index (χ1) is 18.0. The molecule has 4 fully saturated rings. The van der Waals surface area contributed by atoms with Gasteiger partial charge in [0, 0.05) is 24.6 Å². The van der Waals surface area contributed by atoms with E-state index in [1.165, 1.54) is 24.0 Å². The smallest absolute Gasteiger partial charge is 0.305 e. The van der Waals surface area contributed by atoms with Gasteiger partial charge in [0.25, 0.3) is 0 Å². The fraction of sp³-hybridized carbons (Fsp3) is 0.759. The number of fused-ring (bicyclic) bond motifs is 1. The molecule has 2 spiro atoms. The van der Waals surface area contributed by atoms with Crippen molar-refractivity contribution in [1.29, 1.82) is 0 Å². The van der Waals surface area contributed by atoms with E-state index in [-0.39, 0.29) is 25.2 Å². The molecule has 1 aromatic carbocycles. The quantitative estimate of drug-likeness (QED) is 0.475. The van der Waals surface area contributed by atoms with Crippen molar-refractivity contribution < 1.29 is 33.6 Å². The molecular formula is C29H39NO7. The second kappa shape index (κ2) is 8.83. The number of piperidine rings is 1. The van der Waals surface area contributed by atoms with E-state index >= 15 is 0 Å². The van der Waals surface area contributed by atoms with E-state index in [2.05, 4.69) is 24.0 Å². The number of ether oxygens (including phenoxy) is 5. The minimum Gasteiger partial charge on any atom is -0.490 e. The second-order valence-corrected chi connectivity index (χ2v) is 11.9. The molecule has 202 valence electrons. The normalized spacial score (nSPS) is 34.8. The molecule has 3 heterocycles. The number of rotatable bonds is 10. The Morgan fingerprint density at radius 3 is 2.76 bits per heavy atom. The number of hydrogen-bond donors (Lipinski definition) is 1. The first-order valence-electron chi connectivity index (χ1n) is 14.4. The van der Waals surface area contributed by atoms with Crippen molar-refractivity contribution in [2.45, 2.75) is 93.7 Å². The van der Waals surface area contributed by atoms with Crippen LogP contribution in [0.2, 0.25) is 0 Å². The average Bonchev–Trinajstić information content (AvgIpc) is 3.44. The molecule has 3 aliphatic heterocycles. The van der Waals surface area contributed by atoms with Crippen LogP contribution in [0.3, 0.4) is 0 Å². The Kier molecular flexibility index (Phi) is 5.77. The molecule has 0 amide bonds. The van der Waals surface area contributed by atoms with Gasteiger partial charge in [0.15, 0.2) is 17.6 Å². The molecule has 8 heteroatoms. The molecule has 4 atom stereocenters. The summed E-state index contributed by atoms with van der Waals surface area (Å²) in [6.45, 7) is 6.20. The number of nitrogens with zero attached hydrogens (tertiary/aromatic N) is 1. The van der Waals surface area contributed by atoms with E-state index in [9.17, 15) is 9.90 Å². The highest BCUT2D eigenvalue weighted by atomic mass is 16.8. The summed E-state index contributed by atoms with van der Waals surface area (Å²) in [7, 11) is 0. The van der Waals surface area contributed by atoms with Crippen molar-refractivity contribution in [2.24, 2.45) is 5.92 Å². The van der Waals surface area contributed by atoms with Gasteiger partial charge in [0.1, 0.15) is 0 Å². The summed E-state index contributed by atoms with van der Waals surface area (Å²) in [5.41, 5.74) is 1.49. The van der Waals surface area contributed by atoms with E-state index in [1.807, 2.05) is 0 Å². The fourth-order valence-corrected chi connectivity index (χ4v) is 8.22. The van der Waals surface area contributed by atoms with Gasteiger partial charge in [-0.05, 0) is 62.6 Å². The summed E-state index contributed by atoms with van der Waals surface area (Å²) in [5, 5.41) is 9.47. The Bertz CT molecular complexity index is 1070. The minimum atomic E-state index is -0.827. The standard InChI is InChI=1S/C29H39NO7/c1-2-3-13-33-21-7-6-20-17-22-28(34-14-8-23(31)32)9-10-29(35-15-16-36-29)26-27(28,24(20)25(21)37-26)11-12-30(22)18-19-4-5-19/h6-7,19,22,26H,2-5,8-18H2,1H3,(H,31,32)/t22-,26-,27+,28-/m1/s1. The summed E-state index contributed by atoms with van der Waals surface area (Å²) < 4.78 is 33.0. The molecule has 2 saturated heterocycles. The zero-order valence-electron chi connectivity index (χ0n) is 21.8. The van der Waals surface area contributed by atoms with Crippen LogP contribution in [-0.4, -0.2) is 79.0 Å². The lowest BCUT2D eigenvalue weighted by molar-refractivity contribution is -0.306. The zero-order valence-corrected chi connectivity index (χ0v) is 21.8. The van der Waals surface area contributed by atoms with E-state index in [4.69, 9.17) is 23.7 Å². The van der Waals surface area contributed by atoms with Crippen LogP contribution in [0.5, 0.6) is 11.5 Å². The SMILES string of the molecule is CCCCOc1ccc2c3c1O[C@H]1C4(CC[C@@]5(OCCC(=O)O)[C@@H](C2)N(CC2CC2)CC[C@]315)OCCO4. The Morgan fingerprint density at radius 2 is 2.00 bits per heavy atom. The minimum absolute atomic E-state index is 0.00325. The molecule has 3 aliphatic carbocycles. The van der Waals surface area contributed by atoms with Crippen LogP contribution in [0.15, 0.2) is 12.1 Å². The van der Waals surface area contributed by atoms with Gasteiger partial charge < -0.3 is 28.8 Å². The van der Waals surface area contributed by atoms with Crippen LogP contribution in [0.1, 0.15) is 69.4 Å². The number of unbranched alkanes of at least 4 members (excludes halogenated alkanes) is 1. The first-order valence-corrected chi connectivity index (χ1v) is 14.4. The number of aliphatic carboxylic acids is 1. The van der Waals surface area contributed by atoms with Crippen molar-refractivity contribution in [3.8, 4) is 11.5 Å². The molecular weight excluding hydrogens is 474 g/mol. The van der Waals surface area contributed by atoms with Crippen molar-refractivity contribution in [2.75, 3.05) is 39.5 Å². The van der Waals surface area contributed by atoms with Gasteiger partial charge in [-0.2, -0.15) is 0 Å². The number of likely N-dealkylation sites (tertiary alicyclic amines) is 1. The van der Waals surface area contributed by atoms with Gasteiger partial charge in [0.2, 0.25) is 5.79 Å². The van der Waals surface area contributed by atoms with E-state index < -0.39 is 22.8 Å². The lowest BCUT2D eigenvalue weighted by Crippen LogP contribution is -2.80. The summed E-state index contributed by atoms with van der Waals surface area (Å²) in [4.78, 5) is 14.2.